The van der Waals surface area contributed by atoms with Gasteiger partial charge in [-0.2, -0.15) is 0 Å². The normalized spacial score (nSPS) is 13.3. The highest BCUT2D eigenvalue weighted by molar-refractivity contribution is 7.89. The number of nitrogens with one attached hydrogen (secondary N) is 1. The van der Waals surface area contributed by atoms with Crippen LogP contribution in [0.4, 0.5) is 0 Å². The van der Waals surface area contributed by atoms with E-state index >= 15 is 0 Å². The number of aryl methyl sites for hydroxylation is 2. The number of thiazole rings is 1. The molecule has 1 aromatic carbocycles. The lowest BCUT2D eigenvalue weighted by atomic mass is 10.1. The average molecular weight is 363 g/mol. The second-order valence-corrected chi connectivity index (χ2v) is 8.44. The predicted octanol–water partition coefficient (Wildman–Crippen LogP) is 2.41. The van der Waals surface area contributed by atoms with E-state index in [1.165, 1.54) is 22.7 Å². The molecule has 3 rings (SSSR count). The van der Waals surface area contributed by atoms with Crippen LogP contribution in [0.2, 0.25) is 0 Å². The zero-order valence-corrected chi connectivity index (χ0v) is 15.1. The van der Waals surface area contributed by atoms with Gasteiger partial charge < -0.3 is 0 Å². The fourth-order valence-electron chi connectivity index (χ4n) is 2.55. The van der Waals surface area contributed by atoms with Crippen molar-refractivity contribution >= 4 is 26.3 Å². The van der Waals surface area contributed by atoms with Crippen LogP contribution in [0.3, 0.4) is 0 Å². The maximum Gasteiger partial charge on any atom is 0.279 e. The summed E-state index contributed by atoms with van der Waals surface area (Å²) < 4.78 is 29.3. The Bertz CT molecular complexity index is 1050. The van der Waals surface area contributed by atoms with Crippen molar-refractivity contribution < 1.29 is 8.42 Å². The van der Waals surface area contributed by atoms with Gasteiger partial charge in [0.1, 0.15) is 0 Å². The van der Waals surface area contributed by atoms with Crippen molar-refractivity contribution in [2.45, 2.75) is 31.7 Å². The van der Waals surface area contributed by atoms with Gasteiger partial charge in [-0.05, 0) is 26.3 Å². The van der Waals surface area contributed by atoms with Crippen LogP contribution in [0.5, 0.6) is 0 Å². The van der Waals surface area contributed by atoms with E-state index in [0.717, 1.165) is 10.4 Å². The molecule has 1 N–H and O–H groups in total. The van der Waals surface area contributed by atoms with E-state index in [0.29, 0.717) is 4.96 Å². The van der Waals surface area contributed by atoms with Gasteiger partial charge >= 0.3 is 0 Å². The van der Waals surface area contributed by atoms with Crippen LogP contribution in [-0.2, 0) is 10.0 Å². The summed E-state index contributed by atoms with van der Waals surface area (Å²) in [6.07, 6.45) is 1.61. The lowest BCUT2D eigenvalue weighted by Gasteiger charge is -2.15. The van der Waals surface area contributed by atoms with Crippen molar-refractivity contribution in [3.05, 3.63) is 63.0 Å². The van der Waals surface area contributed by atoms with E-state index in [9.17, 15) is 13.2 Å². The molecule has 24 heavy (non-hydrogen) atoms. The predicted molar refractivity (Wildman–Crippen MR) is 94.0 cm³/mol. The third-order valence-electron chi connectivity index (χ3n) is 3.67. The molecule has 1 atom stereocenters. The van der Waals surface area contributed by atoms with Gasteiger partial charge in [-0.3, -0.25) is 9.20 Å². The van der Waals surface area contributed by atoms with Crippen LogP contribution in [0, 0.1) is 13.8 Å². The Morgan fingerprint density at radius 3 is 2.54 bits per heavy atom. The van der Waals surface area contributed by atoms with Crippen molar-refractivity contribution in [1.82, 2.24) is 14.1 Å². The van der Waals surface area contributed by atoms with Crippen molar-refractivity contribution in [3.63, 3.8) is 0 Å². The summed E-state index contributed by atoms with van der Waals surface area (Å²) in [6, 6.07) is 8.73. The van der Waals surface area contributed by atoms with Crippen molar-refractivity contribution in [2.24, 2.45) is 0 Å². The molecule has 2 heterocycles. The molecular formula is C16H17N3O3S2. The Kier molecular flexibility index (Phi) is 4.29. The van der Waals surface area contributed by atoms with E-state index in [1.54, 1.807) is 13.1 Å². The van der Waals surface area contributed by atoms with Gasteiger partial charge in [0, 0.05) is 17.1 Å². The third kappa shape index (κ3) is 3.00. The number of benzene rings is 1. The number of aromatic nitrogens is 2. The number of nitrogens with zero attached hydrogens (tertiary/aromatic N) is 2. The monoisotopic (exact) mass is 363 g/mol. The molecule has 0 unspecified atom stereocenters. The van der Waals surface area contributed by atoms with Gasteiger partial charge in [0.15, 0.2) is 9.86 Å². The summed E-state index contributed by atoms with van der Waals surface area (Å²) in [5.41, 5.74) is 0.448. The molecule has 3 aromatic rings. The quantitative estimate of drug-likeness (QED) is 0.772. The van der Waals surface area contributed by atoms with Gasteiger partial charge in [-0.25, -0.2) is 18.1 Å². The maximum absolute atomic E-state index is 12.7. The van der Waals surface area contributed by atoms with Gasteiger partial charge in [0.05, 0.1) is 5.69 Å². The highest BCUT2D eigenvalue weighted by Crippen LogP contribution is 2.19. The number of fused-ring (bicyclic) bond motifs is 1. The lowest BCUT2D eigenvalue weighted by Crippen LogP contribution is -2.33. The molecule has 0 saturated carbocycles. The molecule has 0 amide bonds. The Morgan fingerprint density at radius 2 is 1.88 bits per heavy atom. The minimum atomic E-state index is -3.99. The minimum absolute atomic E-state index is 0.203. The fraction of sp³-hybridized carbons (Fsp3) is 0.250. The summed E-state index contributed by atoms with van der Waals surface area (Å²) in [7, 11) is -3.99. The Hall–Kier alpha value is -2.03. The van der Waals surface area contributed by atoms with E-state index in [-0.39, 0.29) is 10.6 Å². The maximum atomic E-state index is 12.7. The zero-order chi connectivity index (χ0) is 17.5. The van der Waals surface area contributed by atoms with Crippen molar-refractivity contribution in [2.75, 3.05) is 0 Å². The third-order valence-corrected chi connectivity index (χ3v) is 6.24. The first-order valence-corrected chi connectivity index (χ1v) is 9.66. The van der Waals surface area contributed by atoms with Gasteiger partial charge in [0.25, 0.3) is 5.56 Å². The first kappa shape index (κ1) is 16.8. The second-order valence-electron chi connectivity index (χ2n) is 5.58. The van der Waals surface area contributed by atoms with Crippen LogP contribution >= 0.6 is 11.3 Å². The number of rotatable bonds is 4. The first-order valence-electron chi connectivity index (χ1n) is 7.36. The smallest absolute Gasteiger partial charge is 0.267 e. The van der Waals surface area contributed by atoms with Gasteiger partial charge in [0.2, 0.25) is 10.0 Å². The van der Waals surface area contributed by atoms with Crippen LogP contribution in [0.25, 0.3) is 4.96 Å². The lowest BCUT2D eigenvalue weighted by molar-refractivity contribution is 0.564. The Morgan fingerprint density at radius 1 is 1.21 bits per heavy atom. The Balaban J connectivity index is 2.07. The van der Waals surface area contributed by atoms with Crippen LogP contribution in [0.1, 0.15) is 29.1 Å². The minimum Gasteiger partial charge on any atom is -0.267 e. The van der Waals surface area contributed by atoms with E-state index in [2.05, 4.69) is 9.71 Å². The Labute approximate surface area is 143 Å². The second kappa shape index (κ2) is 6.12. The summed E-state index contributed by atoms with van der Waals surface area (Å²) in [5, 5.41) is 0. The number of sulfonamides is 1. The molecule has 2 aromatic heterocycles. The summed E-state index contributed by atoms with van der Waals surface area (Å²) in [6.45, 7) is 5.12. The molecule has 0 aliphatic carbocycles. The molecule has 0 bridgehead atoms. The van der Waals surface area contributed by atoms with Crippen LogP contribution < -0.4 is 10.3 Å². The van der Waals surface area contributed by atoms with Gasteiger partial charge in [-0.15, -0.1) is 11.3 Å². The molecule has 0 aliphatic heterocycles. The van der Waals surface area contributed by atoms with Gasteiger partial charge in [-0.1, -0.05) is 30.3 Å². The summed E-state index contributed by atoms with van der Waals surface area (Å²) in [5.74, 6) is 0. The van der Waals surface area contributed by atoms with Crippen LogP contribution in [-0.4, -0.2) is 17.8 Å². The molecule has 0 fully saturated rings. The number of hydrogen-bond acceptors (Lipinski definition) is 5. The standard InChI is InChI=1S/C16H17N3O3S2/c1-10-9-19-15(20)14(12(3)17-16(19)23-10)24(21,22)18-11(2)13-7-5-4-6-8-13/h4-9,11,18H,1-3H3/t11-/m1/s1. The molecule has 0 radical (unpaired) electrons. The first-order chi connectivity index (χ1) is 11.3. The van der Waals surface area contributed by atoms with E-state index in [1.807, 2.05) is 37.3 Å². The van der Waals surface area contributed by atoms with Crippen LogP contribution in [0.15, 0.2) is 46.2 Å². The van der Waals surface area contributed by atoms with Crippen molar-refractivity contribution in [1.29, 1.82) is 0 Å². The van der Waals surface area contributed by atoms with E-state index < -0.39 is 21.6 Å². The molecule has 0 saturated heterocycles. The summed E-state index contributed by atoms with van der Waals surface area (Å²) >= 11 is 1.35. The fourth-order valence-corrected chi connectivity index (χ4v) is 4.89. The van der Waals surface area contributed by atoms with E-state index in [4.69, 9.17) is 0 Å². The summed E-state index contributed by atoms with van der Waals surface area (Å²) in [4.78, 5) is 18.0. The zero-order valence-electron chi connectivity index (χ0n) is 13.5. The molecule has 0 spiro atoms. The highest BCUT2D eigenvalue weighted by Gasteiger charge is 2.26. The molecule has 8 heteroatoms. The van der Waals surface area contributed by atoms with Crippen molar-refractivity contribution in [3.8, 4) is 0 Å². The largest absolute Gasteiger partial charge is 0.279 e. The average Bonchev–Trinajstić information content (AvgIpc) is 2.88. The highest BCUT2D eigenvalue weighted by atomic mass is 32.2. The molecule has 126 valence electrons. The molecule has 6 nitrogen and oxygen atoms in total. The number of hydrogen-bond donors (Lipinski definition) is 1. The topological polar surface area (TPSA) is 80.5 Å². The SMILES string of the molecule is Cc1cn2c(=O)c(S(=O)(=O)N[C@H](C)c3ccccc3)c(C)nc2s1. The molecular weight excluding hydrogens is 346 g/mol. The molecule has 0 aliphatic rings.